The highest BCUT2D eigenvalue weighted by molar-refractivity contribution is 7.99. The largest absolute Gasteiger partial charge is 0.324 e. The minimum Gasteiger partial charge on any atom is -0.324 e. The second-order valence-corrected chi connectivity index (χ2v) is 7.92. The summed E-state index contributed by atoms with van der Waals surface area (Å²) >= 11 is 8.73. The van der Waals surface area contributed by atoms with Crippen molar-refractivity contribution in [1.29, 1.82) is 0 Å². The summed E-state index contributed by atoms with van der Waals surface area (Å²) in [5.41, 5.74) is 1.22. The van der Waals surface area contributed by atoms with Crippen LogP contribution in [0, 0.1) is 0 Å². The van der Waals surface area contributed by atoms with Crippen molar-refractivity contribution in [2.75, 3.05) is 11.1 Å². The first-order valence-electron chi connectivity index (χ1n) is 8.25. The zero-order valence-electron chi connectivity index (χ0n) is 14.2. The molecule has 0 spiro atoms. The lowest BCUT2D eigenvalue weighted by molar-refractivity contribution is -0.113. The Morgan fingerprint density at radius 3 is 2.92 bits per heavy atom. The minimum absolute atomic E-state index is 0.0348. The Morgan fingerprint density at radius 2 is 2.15 bits per heavy atom. The highest BCUT2D eigenvalue weighted by Crippen LogP contribution is 2.23. The molecule has 2 heterocycles. The number of thiophene rings is 1. The highest BCUT2D eigenvalue weighted by atomic mass is 35.5. The zero-order valence-corrected chi connectivity index (χ0v) is 16.6. The van der Waals surface area contributed by atoms with Gasteiger partial charge in [-0.3, -0.25) is 14.2 Å². The molecule has 8 heteroatoms. The fraction of sp³-hybridized carbons (Fsp3) is 0.278. The van der Waals surface area contributed by atoms with E-state index in [2.05, 4.69) is 17.2 Å². The van der Waals surface area contributed by atoms with E-state index in [0.717, 1.165) is 12.8 Å². The van der Waals surface area contributed by atoms with E-state index in [1.807, 2.05) is 17.5 Å². The van der Waals surface area contributed by atoms with Gasteiger partial charge in [-0.2, -0.15) is 0 Å². The van der Waals surface area contributed by atoms with E-state index in [9.17, 15) is 9.59 Å². The predicted molar refractivity (Wildman–Crippen MR) is 110 cm³/mol. The molecule has 0 aliphatic heterocycles. The van der Waals surface area contributed by atoms with Crippen LogP contribution < -0.4 is 10.9 Å². The molecule has 136 valence electrons. The van der Waals surface area contributed by atoms with Gasteiger partial charge in [0.1, 0.15) is 4.70 Å². The molecule has 3 aromatic rings. The van der Waals surface area contributed by atoms with Gasteiger partial charge < -0.3 is 5.32 Å². The number of nitrogens with zero attached hydrogens (tertiary/aromatic N) is 2. The van der Waals surface area contributed by atoms with Gasteiger partial charge in [-0.05, 0) is 30.0 Å². The number of carbonyl (C=O) groups is 1. The van der Waals surface area contributed by atoms with Crippen LogP contribution in [0.5, 0.6) is 0 Å². The van der Waals surface area contributed by atoms with Crippen LogP contribution in [0.1, 0.15) is 19.8 Å². The third kappa shape index (κ3) is 4.28. The molecule has 0 saturated heterocycles. The fourth-order valence-corrected chi connectivity index (χ4v) is 4.21. The molecule has 0 atom stereocenters. The maximum absolute atomic E-state index is 12.7. The van der Waals surface area contributed by atoms with Gasteiger partial charge in [0.15, 0.2) is 5.16 Å². The molecule has 0 fully saturated rings. The van der Waals surface area contributed by atoms with Gasteiger partial charge in [0.2, 0.25) is 5.91 Å². The maximum atomic E-state index is 12.7. The number of rotatable bonds is 7. The molecular formula is C18H18ClN3O2S2. The smallest absolute Gasteiger partial charge is 0.272 e. The molecule has 1 N–H and O–H groups in total. The summed E-state index contributed by atoms with van der Waals surface area (Å²) in [4.78, 5) is 29.5. The Morgan fingerprint density at radius 1 is 1.35 bits per heavy atom. The maximum Gasteiger partial charge on any atom is 0.272 e. The normalized spacial score (nSPS) is 11.0. The molecule has 0 saturated carbocycles. The third-order valence-corrected chi connectivity index (χ3v) is 5.94. The summed E-state index contributed by atoms with van der Waals surface area (Å²) in [6.45, 7) is 2.68. The van der Waals surface area contributed by atoms with Crippen molar-refractivity contribution in [3.8, 4) is 0 Å². The third-order valence-electron chi connectivity index (χ3n) is 3.75. The molecule has 0 aliphatic rings. The quantitative estimate of drug-likeness (QED) is 0.457. The van der Waals surface area contributed by atoms with Crippen LogP contribution in [0.15, 0.2) is 45.7 Å². The molecule has 2 aromatic heterocycles. The first-order valence-corrected chi connectivity index (χ1v) is 10.5. The number of anilines is 1. The van der Waals surface area contributed by atoms with Crippen LogP contribution in [0.4, 0.5) is 5.69 Å². The summed E-state index contributed by atoms with van der Waals surface area (Å²) in [6.07, 6.45) is 1.86. The molecule has 1 aromatic carbocycles. The number of carbonyl (C=O) groups excluding carboxylic acids is 1. The summed E-state index contributed by atoms with van der Waals surface area (Å²) < 4.78 is 2.33. The van der Waals surface area contributed by atoms with Crippen molar-refractivity contribution < 1.29 is 4.79 Å². The monoisotopic (exact) mass is 407 g/mol. The fourth-order valence-electron chi connectivity index (χ4n) is 2.43. The number of amides is 1. The van der Waals surface area contributed by atoms with Crippen molar-refractivity contribution >= 4 is 56.5 Å². The number of hydrogen-bond acceptors (Lipinski definition) is 5. The Balaban J connectivity index is 1.78. The zero-order chi connectivity index (χ0) is 18.5. The molecule has 26 heavy (non-hydrogen) atoms. The van der Waals surface area contributed by atoms with Crippen LogP contribution in [-0.4, -0.2) is 21.2 Å². The number of unbranched alkanes of at least 4 members (excludes halogenated alkanes) is 1. The number of para-hydroxylation sites is 1. The van der Waals surface area contributed by atoms with E-state index in [1.165, 1.54) is 23.1 Å². The average Bonchev–Trinajstić information content (AvgIpc) is 3.10. The lowest BCUT2D eigenvalue weighted by atomic mass is 10.3. The summed E-state index contributed by atoms with van der Waals surface area (Å²) in [5.74, 6) is -0.0378. The number of benzene rings is 1. The van der Waals surface area contributed by atoms with Crippen LogP contribution in [0.25, 0.3) is 10.2 Å². The Kier molecular flexibility index (Phi) is 6.34. The van der Waals surface area contributed by atoms with Gasteiger partial charge in [0, 0.05) is 6.54 Å². The van der Waals surface area contributed by atoms with Crippen LogP contribution in [0.3, 0.4) is 0 Å². The molecule has 1 amide bonds. The van der Waals surface area contributed by atoms with Gasteiger partial charge >= 0.3 is 0 Å². The number of halogens is 1. The van der Waals surface area contributed by atoms with Gasteiger partial charge in [-0.15, -0.1) is 11.3 Å². The van der Waals surface area contributed by atoms with Gasteiger partial charge in [-0.25, -0.2) is 4.98 Å². The lowest BCUT2D eigenvalue weighted by Crippen LogP contribution is -2.23. The first kappa shape index (κ1) is 18.9. The van der Waals surface area contributed by atoms with E-state index in [4.69, 9.17) is 11.6 Å². The van der Waals surface area contributed by atoms with Gasteiger partial charge in [0.25, 0.3) is 5.56 Å². The van der Waals surface area contributed by atoms with Crippen molar-refractivity contribution in [3.63, 3.8) is 0 Å². The number of hydrogen-bond donors (Lipinski definition) is 1. The van der Waals surface area contributed by atoms with Crippen LogP contribution in [-0.2, 0) is 11.3 Å². The van der Waals surface area contributed by atoms with E-state index >= 15 is 0 Å². The second-order valence-electron chi connectivity index (χ2n) is 5.66. The number of aromatic nitrogens is 2. The molecule has 5 nitrogen and oxygen atoms in total. The van der Waals surface area contributed by atoms with E-state index in [0.29, 0.717) is 32.6 Å². The average molecular weight is 408 g/mol. The Bertz CT molecular complexity index is 984. The highest BCUT2D eigenvalue weighted by Gasteiger charge is 2.14. The number of fused-ring (bicyclic) bond motifs is 1. The molecule has 3 rings (SSSR count). The standard InChI is InChI=1S/C18H18ClN3O2S2/c1-2-3-9-22-17(24)16-14(8-10-25-16)21-18(22)26-11-15(23)20-13-7-5-4-6-12(13)19/h4-8,10H,2-3,9,11H2,1H3,(H,20,23). The molecule has 0 unspecified atom stereocenters. The van der Waals surface area contributed by atoms with E-state index < -0.39 is 0 Å². The SMILES string of the molecule is CCCCn1c(SCC(=O)Nc2ccccc2Cl)nc2ccsc2c1=O. The Labute approximate surface area is 164 Å². The van der Waals surface area contributed by atoms with Crippen molar-refractivity contribution in [3.05, 3.63) is 51.1 Å². The molecule has 0 aliphatic carbocycles. The first-order chi connectivity index (χ1) is 12.6. The molecular weight excluding hydrogens is 390 g/mol. The Hall–Kier alpha value is -1.83. The summed E-state index contributed by atoms with van der Waals surface area (Å²) in [7, 11) is 0. The number of nitrogens with one attached hydrogen (secondary N) is 1. The van der Waals surface area contributed by atoms with Crippen molar-refractivity contribution in [1.82, 2.24) is 9.55 Å². The van der Waals surface area contributed by atoms with Crippen molar-refractivity contribution in [2.45, 2.75) is 31.5 Å². The van der Waals surface area contributed by atoms with Crippen LogP contribution >= 0.6 is 34.7 Å². The molecule has 0 bridgehead atoms. The molecule has 0 radical (unpaired) electrons. The van der Waals surface area contributed by atoms with Gasteiger partial charge in [0.05, 0.1) is 22.0 Å². The van der Waals surface area contributed by atoms with E-state index in [1.54, 1.807) is 22.8 Å². The van der Waals surface area contributed by atoms with E-state index in [-0.39, 0.29) is 17.2 Å². The van der Waals surface area contributed by atoms with Crippen LogP contribution in [0.2, 0.25) is 5.02 Å². The summed E-state index contributed by atoms with van der Waals surface area (Å²) in [5, 5.41) is 5.71. The van der Waals surface area contributed by atoms with Gasteiger partial charge in [-0.1, -0.05) is 48.8 Å². The summed E-state index contributed by atoms with van der Waals surface area (Å²) in [6, 6.07) is 8.91. The predicted octanol–water partition coefficient (Wildman–Crippen LogP) is 4.64. The van der Waals surface area contributed by atoms with Crippen molar-refractivity contribution in [2.24, 2.45) is 0 Å². The number of thioether (sulfide) groups is 1. The lowest BCUT2D eigenvalue weighted by Gasteiger charge is -2.12. The topological polar surface area (TPSA) is 64.0 Å². The second kappa shape index (κ2) is 8.70. The minimum atomic E-state index is -0.190.